The maximum Gasteiger partial charge on any atom is 0.220 e. The topological polar surface area (TPSA) is 29.1 Å². The summed E-state index contributed by atoms with van der Waals surface area (Å²) in [6, 6.07) is 10.4. The molecule has 0 aliphatic carbocycles. The highest BCUT2D eigenvalue weighted by Gasteiger charge is 2.02. The van der Waals surface area contributed by atoms with Gasteiger partial charge in [0.15, 0.2) is 0 Å². The summed E-state index contributed by atoms with van der Waals surface area (Å²) < 4.78 is 12.7. The van der Waals surface area contributed by atoms with E-state index in [1.54, 1.807) is 23.5 Å². The number of hydrogen-bond acceptors (Lipinski definition) is 2. The van der Waals surface area contributed by atoms with Crippen molar-refractivity contribution in [3.05, 3.63) is 58.0 Å². The van der Waals surface area contributed by atoms with E-state index >= 15 is 0 Å². The van der Waals surface area contributed by atoms with E-state index in [-0.39, 0.29) is 11.7 Å². The second-order valence-electron chi connectivity index (χ2n) is 4.31. The molecule has 1 N–H and O–H groups in total. The van der Waals surface area contributed by atoms with E-state index in [1.807, 2.05) is 17.5 Å². The Kier molecular flexibility index (Phi) is 5.10. The minimum atomic E-state index is -0.233. The fourth-order valence-corrected chi connectivity index (χ4v) is 2.49. The molecule has 19 heavy (non-hydrogen) atoms. The first kappa shape index (κ1) is 13.7. The zero-order chi connectivity index (χ0) is 13.5. The number of carbonyl (C=O) groups excluding carboxylic acids is 1. The minimum absolute atomic E-state index is 0.0653. The van der Waals surface area contributed by atoms with E-state index in [2.05, 4.69) is 5.32 Å². The lowest BCUT2D eigenvalue weighted by molar-refractivity contribution is -0.121. The van der Waals surface area contributed by atoms with E-state index in [0.717, 1.165) is 18.4 Å². The highest BCUT2D eigenvalue weighted by molar-refractivity contribution is 7.09. The quantitative estimate of drug-likeness (QED) is 0.863. The van der Waals surface area contributed by atoms with Gasteiger partial charge in [-0.3, -0.25) is 4.79 Å². The van der Waals surface area contributed by atoms with Crippen molar-refractivity contribution >= 4 is 17.2 Å². The van der Waals surface area contributed by atoms with Gasteiger partial charge >= 0.3 is 0 Å². The molecule has 0 aliphatic heterocycles. The van der Waals surface area contributed by atoms with Crippen LogP contribution in [0.2, 0.25) is 0 Å². The number of halogens is 1. The summed E-state index contributed by atoms with van der Waals surface area (Å²) in [5.41, 5.74) is 1.03. The van der Waals surface area contributed by atoms with Crippen molar-refractivity contribution in [1.29, 1.82) is 0 Å². The average Bonchev–Trinajstić information content (AvgIpc) is 2.92. The fourth-order valence-electron chi connectivity index (χ4n) is 1.78. The summed E-state index contributed by atoms with van der Waals surface area (Å²) >= 11 is 1.67. The Morgan fingerprint density at radius 3 is 2.63 bits per heavy atom. The van der Waals surface area contributed by atoms with Gasteiger partial charge in [0.25, 0.3) is 0 Å². The summed E-state index contributed by atoms with van der Waals surface area (Å²) in [6.07, 6.45) is 2.04. The van der Waals surface area contributed by atoms with E-state index in [1.165, 1.54) is 17.0 Å². The molecule has 1 amide bonds. The van der Waals surface area contributed by atoms with Gasteiger partial charge in [0.2, 0.25) is 5.91 Å². The van der Waals surface area contributed by atoms with Crippen molar-refractivity contribution < 1.29 is 9.18 Å². The normalized spacial score (nSPS) is 10.4. The molecule has 0 unspecified atom stereocenters. The number of aryl methyl sites for hydroxylation is 1. The van der Waals surface area contributed by atoms with Crippen LogP contribution in [0.3, 0.4) is 0 Å². The Hall–Kier alpha value is -1.68. The second-order valence-corrected chi connectivity index (χ2v) is 5.34. The number of rotatable bonds is 6. The van der Waals surface area contributed by atoms with E-state index < -0.39 is 0 Å². The van der Waals surface area contributed by atoms with Crippen LogP contribution in [-0.4, -0.2) is 12.5 Å². The van der Waals surface area contributed by atoms with Gasteiger partial charge < -0.3 is 5.32 Å². The first-order chi connectivity index (χ1) is 9.24. The van der Waals surface area contributed by atoms with Gasteiger partial charge in [0, 0.05) is 17.8 Å². The molecule has 2 rings (SSSR count). The van der Waals surface area contributed by atoms with Crippen LogP contribution in [0.5, 0.6) is 0 Å². The van der Waals surface area contributed by atoms with Crippen LogP contribution in [0.25, 0.3) is 0 Å². The maximum absolute atomic E-state index is 12.7. The second kappa shape index (κ2) is 7.04. The number of amides is 1. The number of hydrogen-bond donors (Lipinski definition) is 1. The van der Waals surface area contributed by atoms with Gasteiger partial charge in [0.05, 0.1) is 0 Å². The van der Waals surface area contributed by atoms with Gasteiger partial charge in [-0.2, -0.15) is 0 Å². The molecule has 1 aromatic heterocycles. The molecule has 100 valence electrons. The molecule has 2 nitrogen and oxygen atoms in total. The Morgan fingerprint density at radius 1 is 1.16 bits per heavy atom. The van der Waals surface area contributed by atoms with Crippen LogP contribution in [0.4, 0.5) is 4.39 Å². The van der Waals surface area contributed by atoms with Gasteiger partial charge in [0.1, 0.15) is 5.82 Å². The monoisotopic (exact) mass is 277 g/mol. The molecule has 0 saturated carbocycles. The minimum Gasteiger partial charge on any atom is -0.356 e. The molecule has 0 fully saturated rings. The molecule has 0 saturated heterocycles. The standard InChI is InChI=1S/C15H16FNOS/c16-13-5-3-12(4-6-13)9-10-17-15(18)8-7-14-2-1-11-19-14/h1-6,11H,7-10H2,(H,17,18). The van der Waals surface area contributed by atoms with Crippen LogP contribution in [0.1, 0.15) is 16.9 Å². The molecule has 0 bridgehead atoms. The summed E-state index contributed by atoms with van der Waals surface area (Å²) in [7, 11) is 0. The fraction of sp³-hybridized carbons (Fsp3) is 0.267. The molecule has 1 heterocycles. The van der Waals surface area contributed by atoms with Gasteiger partial charge in [-0.1, -0.05) is 18.2 Å². The summed E-state index contributed by atoms with van der Waals surface area (Å²) in [5.74, 6) is -0.167. The van der Waals surface area contributed by atoms with Crippen molar-refractivity contribution in [2.24, 2.45) is 0 Å². The van der Waals surface area contributed by atoms with Crippen molar-refractivity contribution in [3.8, 4) is 0 Å². The van der Waals surface area contributed by atoms with Crippen LogP contribution in [0, 0.1) is 5.82 Å². The van der Waals surface area contributed by atoms with Crippen LogP contribution in [-0.2, 0) is 17.6 Å². The SMILES string of the molecule is O=C(CCc1cccs1)NCCc1ccc(F)cc1. The Labute approximate surface area is 116 Å². The third-order valence-electron chi connectivity index (χ3n) is 2.83. The molecule has 0 radical (unpaired) electrons. The third-order valence-corrected chi connectivity index (χ3v) is 3.76. The van der Waals surface area contributed by atoms with Crippen LogP contribution < -0.4 is 5.32 Å². The average molecular weight is 277 g/mol. The lowest BCUT2D eigenvalue weighted by atomic mass is 10.1. The molecule has 0 atom stereocenters. The first-order valence-electron chi connectivity index (χ1n) is 6.27. The third kappa shape index (κ3) is 4.83. The largest absolute Gasteiger partial charge is 0.356 e. The number of benzene rings is 1. The van der Waals surface area contributed by atoms with E-state index in [9.17, 15) is 9.18 Å². The first-order valence-corrected chi connectivity index (χ1v) is 7.15. The van der Waals surface area contributed by atoms with Crippen LogP contribution in [0.15, 0.2) is 41.8 Å². The Bertz CT molecular complexity index is 507. The smallest absolute Gasteiger partial charge is 0.220 e. The predicted molar refractivity (Wildman–Crippen MR) is 75.8 cm³/mol. The van der Waals surface area contributed by atoms with Crippen molar-refractivity contribution in [2.45, 2.75) is 19.3 Å². The highest BCUT2D eigenvalue weighted by Crippen LogP contribution is 2.10. The molecular formula is C15H16FNOS. The summed E-state index contributed by atoms with van der Waals surface area (Å²) in [4.78, 5) is 12.8. The summed E-state index contributed by atoms with van der Waals surface area (Å²) in [5, 5.41) is 4.90. The van der Waals surface area contributed by atoms with Crippen molar-refractivity contribution in [3.63, 3.8) is 0 Å². The Balaban J connectivity index is 1.65. The van der Waals surface area contributed by atoms with Gasteiger partial charge in [-0.25, -0.2) is 4.39 Å². The molecular weight excluding hydrogens is 261 g/mol. The number of thiophene rings is 1. The molecule has 4 heteroatoms. The van der Waals surface area contributed by atoms with Crippen molar-refractivity contribution in [1.82, 2.24) is 5.32 Å². The number of nitrogens with one attached hydrogen (secondary N) is 1. The van der Waals surface area contributed by atoms with Gasteiger partial charge in [-0.15, -0.1) is 11.3 Å². The zero-order valence-corrected chi connectivity index (χ0v) is 11.4. The summed E-state index contributed by atoms with van der Waals surface area (Å²) in [6.45, 7) is 0.592. The number of carbonyl (C=O) groups is 1. The lowest BCUT2D eigenvalue weighted by Gasteiger charge is -2.05. The van der Waals surface area contributed by atoms with E-state index in [4.69, 9.17) is 0 Å². The lowest BCUT2D eigenvalue weighted by Crippen LogP contribution is -2.25. The van der Waals surface area contributed by atoms with Crippen molar-refractivity contribution in [2.75, 3.05) is 6.54 Å². The maximum atomic E-state index is 12.7. The molecule has 0 spiro atoms. The molecule has 2 aromatic rings. The molecule has 0 aliphatic rings. The Morgan fingerprint density at radius 2 is 1.95 bits per heavy atom. The molecule has 1 aromatic carbocycles. The van der Waals surface area contributed by atoms with E-state index in [0.29, 0.717) is 13.0 Å². The highest BCUT2D eigenvalue weighted by atomic mass is 32.1. The predicted octanol–water partition coefficient (Wildman–Crippen LogP) is 3.18. The zero-order valence-electron chi connectivity index (χ0n) is 10.6. The van der Waals surface area contributed by atoms with Crippen LogP contribution >= 0.6 is 11.3 Å². The van der Waals surface area contributed by atoms with Gasteiger partial charge in [-0.05, 0) is 42.0 Å².